The Morgan fingerprint density at radius 2 is 1.69 bits per heavy atom. The molecule has 8 nitrogen and oxygen atoms in total. The Bertz CT molecular complexity index is 1400. The zero-order valence-corrected chi connectivity index (χ0v) is 19.3. The highest BCUT2D eigenvalue weighted by Crippen LogP contribution is 2.45. The van der Waals surface area contributed by atoms with Gasteiger partial charge in [0.2, 0.25) is 0 Å². The molecular formula is C28H23N3O5. The van der Waals surface area contributed by atoms with E-state index in [1.165, 1.54) is 17.1 Å². The molecule has 1 amide bonds. The summed E-state index contributed by atoms with van der Waals surface area (Å²) in [5, 5.41) is 27.4. The molecule has 1 fully saturated rings. The van der Waals surface area contributed by atoms with Gasteiger partial charge in [-0.1, -0.05) is 66.7 Å². The maximum absolute atomic E-state index is 13.9. The Kier molecular flexibility index (Phi) is 6.16. The van der Waals surface area contributed by atoms with Crippen LogP contribution in [-0.4, -0.2) is 32.6 Å². The van der Waals surface area contributed by atoms with Gasteiger partial charge in [0.1, 0.15) is 5.56 Å². The number of hydrogen-bond acceptors (Lipinski definition) is 5. The summed E-state index contributed by atoms with van der Waals surface area (Å²) in [6.07, 6.45) is 4.63. The molecule has 1 saturated carbocycles. The van der Waals surface area contributed by atoms with Crippen LogP contribution in [0.15, 0.2) is 89.5 Å². The molecule has 5 rings (SSSR count). The van der Waals surface area contributed by atoms with Gasteiger partial charge in [-0.15, -0.1) is 0 Å². The molecule has 0 bridgehead atoms. The van der Waals surface area contributed by atoms with Crippen molar-refractivity contribution in [1.29, 1.82) is 0 Å². The van der Waals surface area contributed by atoms with E-state index in [1.54, 1.807) is 0 Å². The third-order valence-corrected chi connectivity index (χ3v) is 6.67. The van der Waals surface area contributed by atoms with E-state index < -0.39 is 34.1 Å². The minimum Gasteiger partial charge on any atom is -0.477 e. The quantitative estimate of drug-likeness (QED) is 0.369. The standard InChI is InChI=1S/C28H23N3O5/c32-27(21-14-8-16-23(31(35)36)24(21)28(33)34)30-26(19-11-5-2-6-12-19)22-15-7-13-20(25(22)29-30)17-18-9-3-1-4-10-18/h1-6,8-12,14,16-17,22,26H,7,13,15H2,(H,33,34)/b20-17+/t22-,26-/m0/s1. The van der Waals surface area contributed by atoms with Gasteiger partial charge in [-0.2, -0.15) is 5.10 Å². The van der Waals surface area contributed by atoms with Crippen molar-refractivity contribution in [2.45, 2.75) is 25.3 Å². The zero-order valence-electron chi connectivity index (χ0n) is 19.3. The van der Waals surface area contributed by atoms with Crippen LogP contribution in [0.4, 0.5) is 5.69 Å². The van der Waals surface area contributed by atoms with Crippen molar-refractivity contribution in [3.63, 3.8) is 0 Å². The summed E-state index contributed by atoms with van der Waals surface area (Å²) in [7, 11) is 0. The molecule has 2 atom stereocenters. The van der Waals surface area contributed by atoms with Crippen molar-refractivity contribution in [2.75, 3.05) is 0 Å². The molecule has 0 spiro atoms. The molecule has 2 aliphatic rings. The molecular weight excluding hydrogens is 458 g/mol. The molecule has 0 unspecified atom stereocenters. The fourth-order valence-electron chi connectivity index (χ4n) is 5.12. The molecule has 1 aliphatic heterocycles. The smallest absolute Gasteiger partial charge is 0.343 e. The van der Waals surface area contributed by atoms with Crippen LogP contribution in [-0.2, 0) is 0 Å². The van der Waals surface area contributed by atoms with E-state index in [-0.39, 0.29) is 11.5 Å². The first-order chi connectivity index (χ1) is 17.5. The first kappa shape index (κ1) is 23.2. The number of allylic oxidation sites excluding steroid dienone is 1. The van der Waals surface area contributed by atoms with Gasteiger partial charge in [0.15, 0.2) is 0 Å². The van der Waals surface area contributed by atoms with Crippen LogP contribution in [0.1, 0.15) is 57.1 Å². The molecule has 1 N–H and O–H groups in total. The number of carbonyl (C=O) groups is 2. The van der Waals surface area contributed by atoms with Crippen LogP contribution < -0.4 is 0 Å². The molecule has 180 valence electrons. The van der Waals surface area contributed by atoms with Gasteiger partial charge < -0.3 is 5.11 Å². The van der Waals surface area contributed by atoms with E-state index in [1.807, 2.05) is 60.7 Å². The second-order valence-corrected chi connectivity index (χ2v) is 8.83. The third-order valence-electron chi connectivity index (χ3n) is 6.67. The number of nitrogens with zero attached hydrogens (tertiary/aromatic N) is 3. The van der Waals surface area contributed by atoms with Crippen molar-refractivity contribution in [1.82, 2.24) is 5.01 Å². The summed E-state index contributed by atoms with van der Waals surface area (Å²) in [6.45, 7) is 0. The highest BCUT2D eigenvalue weighted by atomic mass is 16.6. The summed E-state index contributed by atoms with van der Waals surface area (Å²) in [6, 6.07) is 22.6. The van der Waals surface area contributed by atoms with Crippen LogP contribution in [0.25, 0.3) is 6.08 Å². The SMILES string of the molecule is O=C(O)c1c(C(=O)N2N=C3/C(=C/c4ccccc4)CCC[C@@H]3[C@@H]2c2ccccc2)cccc1[N+](=O)[O-]. The number of benzene rings is 3. The molecule has 1 heterocycles. The lowest BCUT2D eigenvalue weighted by Crippen LogP contribution is -2.32. The summed E-state index contributed by atoms with van der Waals surface area (Å²) >= 11 is 0. The number of nitro groups is 1. The van der Waals surface area contributed by atoms with E-state index in [2.05, 4.69) is 6.08 Å². The molecule has 1 aliphatic carbocycles. The normalized spacial score (nSPS) is 20.1. The van der Waals surface area contributed by atoms with E-state index >= 15 is 0 Å². The van der Waals surface area contributed by atoms with Gasteiger partial charge in [-0.3, -0.25) is 14.9 Å². The summed E-state index contributed by atoms with van der Waals surface area (Å²) in [5.41, 5.74) is 2.23. The Labute approximate surface area is 207 Å². The maximum Gasteiger partial charge on any atom is 0.343 e. The van der Waals surface area contributed by atoms with Crippen LogP contribution in [0, 0.1) is 16.0 Å². The average molecular weight is 482 g/mol. The summed E-state index contributed by atoms with van der Waals surface area (Å²) < 4.78 is 0. The van der Waals surface area contributed by atoms with Gasteiger partial charge >= 0.3 is 5.97 Å². The van der Waals surface area contributed by atoms with Crippen molar-refractivity contribution >= 4 is 29.4 Å². The van der Waals surface area contributed by atoms with Crippen LogP contribution >= 0.6 is 0 Å². The predicted octanol–water partition coefficient (Wildman–Crippen LogP) is 5.73. The molecule has 3 aromatic carbocycles. The molecule has 3 aromatic rings. The van der Waals surface area contributed by atoms with Gasteiger partial charge in [0, 0.05) is 12.0 Å². The van der Waals surface area contributed by atoms with Crippen molar-refractivity contribution in [2.24, 2.45) is 11.0 Å². The Morgan fingerprint density at radius 1 is 1.00 bits per heavy atom. The van der Waals surface area contributed by atoms with E-state index in [0.29, 0.717) is 0 Å². The van der Waals surface area contributed by atoms with Crippen LogP contribution in [0.5, 0.6) is 0 Å². The van der Waals surface area contributed by atoms with Gasteiger partial charge in [0.25, 0.3) is 11.6 Å². The number of carboxylic acids is 1. The minimum atomic E-state index is -1.53. The Balaban J connectivity index is 1.64. The zero-order chi connectivity index (χ0) is 25.2. The lowest BCUT2D eigenvalue weighted by Gasteiger charge is -2.29. The summed E-state index contributed by atoms with van der Waals surface area (Å²) in [4.78, 5) is 36.6. The number of aromatic carboxylic acids is 1. The van der Waals surface area contributed by atoms with E-state index in [9.17, 15) is 24.8 Å². The first-order valence-corrected chi connectivity index (χ1v) is 11.7. The Morgan fingerprint density at radius 3 is 2.36 bits per heavy atom. The number of hydrazone groups is 1. The largest absolute Gasteiger partial charge is 0.477 e. The molecule has 36 heavy (non-hydrogen) atoms. The molecule has 8 heteroatoms. The summed E-state index contributed by atoms with van der Waals surface area (Å²) in [5.74, 6) is -2.28. The second kappa shape index (κ2) is 9.58. The topological polar surface area (TPSA) is 113 Å². The minimum absolute atomic E-state index is 0.0768. The average Bonchev–Trinajstić information content (AvgIpc) is 3.29. The highest BCUT2D eigenvalue weighted by Gasteiger charge is 2.45. The fraction of sp³-hybridized carbons (Fsp3) is 0.179. The molecule has 0 saturated heterocycles. The van der Waals surface area contributed by atoms with E-state index in [0.717, 1.165) is 47.7 Å². The van der Waals surface area contributed by atoms with Gasteiger partial charge in [0.05, 0.1) is 22.2 Å². The Hall–Kier alpha value is -4.59. The van der Waals surface area contributed by atoms with Gasteiger partial charge in [-0.05, 0) is 48.1 Å². The second-order valence-electron chi connectivity index (χ2n) is 8.83. The number of amides is 1. The number of hydrogen-bond donors (Lipinski definition) is 1. The monoisotopic (exact) mass is 481 g/mol. The van der Waals surface area contributed by atoms with Crippen molar-refractivity contribution < 1.29 is 19.6 Å². The lowest BCUT2D eigenvalue weighted by atomic mass is 9.77. The van der Waals surface area contributed by atoms with Crippen LogP contribution in [0.2, 0.25) is 0 Å². The number of fused-ring (bicyclic) bond motifs is 1. The van der Waals surface area contributed by atoms with Crippen molar-refractivity contribution in [3.05, 3.63) is 117 Å². The maximum atomic E-state index is 13.9. The number of carboxylic acid groups (broad SMARTS) is 1. The van der Waals surface area contributed by atoms with Gasteiger partial charge in [-0.25, -0.2) is 9.80 Å². The third kappa shape index (κ3) is 4.17. The first-order valence-electron chi connectivity index (χ1n) is 11.7. The number of nitro benzene ring substituents is 1. The number of rotatable bonds is 5. The van der Waals surface area contributed by atoms with Crippen LogP contribution in [0.3, 0.4) is 0 Å². The molecule has 0 radical (unpaired) electrons. The highest BCUT2D eigenvalue weighted by molar-refractivity contribution is 6.11. The van der Waals surface area contributed by atoms with E-state index in [4.69, 9.17) is 5.10 Å². The van der Waals surface area contributed by atoms with Crippen molar-refractivity contribution in [3.8, 4) is 0 Å². The fourth-order valence-corrected chi connectivity index (χ4v) is 5.12. The molecule has 0 aromatic heterocycles. The predicted molar refractivity (Wildman–Crippen MR) is 135 cm³/mol. The number of carbonyl (C=O) groups excluding carboxylic acids is 1. The lowest BCUT2D eigenvalue weighted by molar-refractivity contribution is -0.385.